The molecule has 0 spiro atoms. The summed E-state index contributed by atoms with van der Waals surface area (Å²) in [7, 11) is 0. The predicted octanol–water partition coefficient (Wildman–Crippen LogP) is 2.58. The zero-order valence-electron chi connectivity index (χ0n) is 13.4. The normalized spacial score (nSPS) is 19.4. The van der Waals surface area contributed by atoms with Gasteiger partial charge in [0.15, 0.2) is 0 Å². The summed E-state index contributed by atoms with van der Waals surface area (Å²) in [5.41, 5.74) is -0.936. The van der Waals surface area contributed by atoms with Crippen molar-refractivity contribution >= 4 is 17.7 Å². The van der Waals surface area contributed by atoms with Crippen molar-refractivity contribution in [3.8, 4) is 0 Å². The van der Waals surface area contributed by atoms with Crippen LogP contribution in [-0.4, -0.2) is 29.4 Å². The fourth-order valence-corrected chi connectivity index (χ4v) is 2.51. The van der Waals surface area contributed by atoms with Crippen LogP contribution in [0.5, 0.6) is 0 Å². The Kier molecular flexibility index (Phi) is 4.97. The highest BCUT2D eigenvalue weighted by Crippen LogP contribution is 2.32. The minimum Gasteiger partial charge on any atom is -0.460 e. The Balaban J connectivity index is 2.55. The molecule has 5 nitrogen and oxygen atoms in total. The van der Waals surface area contributed by atoms with Crippen LogP contribution >= 0.6 is 0 Å². The van der Waals surface area contributed by atoms with Crippen LogP contribution in [0, 0.1) is 5.41 Å². The lowest BCUT2D eigenvalue weighted by atomic mass is 9.79. The molecule has 1 rings (SSSR count). The minimum absolute atomic E-state index is 0.00862. The number of carbonyl (C=O) groups excluding carboxylic acids is 3. The van der Waals surface area contributed by atoms with Crippen LogP contribution in [0.3, 0.4) is 0 Å². The second kappa shape index (κ2) is 6.00. The van der Waals surface area contributed by atoms with Gasteiger partial charge >= 0.3 is 11.9 Å². The van der Waals surface area contributed by atoms with E-state index in [-0.39, 0.29) is 12.2 Å². The average Bonchev–Trinajstić information content (AvgIpc) is 2.54. The molecule has 1 fully saturated rings. The van der Waals surface area contributed by atoms with Crippen LogP contribution in [0.15, 0.2) is 12.2 Å². The quantitative estimate of drug-likeness (QED) is 0.556. The predicted molar refractivity (Wildman–Crippen MR) is 77.5 cm³/mol. The molecule has 0 aliphatic carbocycles. The molecule has 1 atom stereocenters. The van der Waals surface area contributed by atoms with Gasteiger partial charge in [-0.05, 0) is 27.2 Å². The van der Waals surface area contributed by atoms with E-state index in [1.807, 2.05) is 13.8 Å². The molecule has 1 aliphatic heterocycles. The maximum atomic E-state index is 12.0. The van der Waals surface area contributed by atoms with Crippen molar-refractivity contribution in [1.29, 1.82) is 0 Å². The average molecular weight is 296 g/mol. The Morgan fingerprint density at radius 3 is 2.33 bits per heavy atom. The molecule has 0 aromatic rings. The first-order valence-electron chi connectivity index (χ1n) is 7.04. The van der Waals surface area contributed by atoms with Crippen molar-refractivity contribution in [2.45, 2.75) is 65.6 Å². The van der Waals surface area contributed by atoms with E-state index in [1.165, 1.54) is 6.92 Å². The van der Waals surface area contributed by atoms with Crippen molar-refractivity contribution in [3.63, 3.8) is 0 Å². The van der Waals surface area contributed by atoms with Gasteiger partial charge in [0.2, 0.25) is 0 Å². The number of rotatable bonds is 6. The van der Waals surface area contributed by atoms with Gasteiger partial charge in [-0.15, -0.1) is 0 Å². The lowest BCUT2D eigenvalue weighted by Gasteiger charge is -2.33. The molecule has 1 aliphatic rings. The lowest BCUT2D eigenvalue weighted by Crippen LogP contribution is -2.37. The monoisotopic (exact) mass is 296 g/mol. The summed E-state index contributed by atoms with van der Waals surface area (Å²) >= 11 is 0. The van der Waals surface area contributed by atoms with E-state index in [9.17, 15) is 14.4 Å². The van der Waals surface area contributed by atoms with Crippen LogP contribution in [0.4, 0.5) is 0 Å². The smallest absolute Gasteiger partial charge is 0.333 e. The van der Waals surface area contributed by atoms with Crippen LogP contribution in [0.25, 0.3) is 0 Å². The van der Waals surface area contributed by atoms with Gasteiger partial charge in [0, 0.05) is 17.4 Å². The number of ketones is 1. The van der Waals surface area contributed by atoms with E-state index in [4.69, 9.17) is 9.47 Å². The Bertz CT molecular complexity index is 457. The number of cyclic esters (lactones) is 1. The van der Waals surface area contributed by atoms with Gasteiger partial charge in [-0.1, -0.05) is 20.4 Å². The Morgan fingerprint density at radius 1 is 1.33 bits per heavy atom. The molecular weight excluding hydrogens is 272 g/mol. The third kappa shape index (κ3) is 4.99. The van der Waals surface area contributed by atoms with Gasteiger partial charge in [0.25, 0.3) is 0 Å². The van der Waals surface area contributed by atoms with Crippen molar-refractivity contribution in [1.82, 2.24) is 0 Å². The van der Waals surface area contributed by atoms with E-state index >= 15 is 0 Å². The molecule has 21 heavy (non-hydrogen) atoms. The van der Waals surface area contributed by atoms with Crippen molar-refractivity contribution in [3.05, 3.63) is 12.2 Å². The van der Waals surface area contributed by atoms with E-state index in [1.54, 1.807) is 13.8 Å². The first-order valence-corrected chi connectivity index (χ1v) is 7.04. The maximum Gasteiger partial charge on any atom is 0.333 e. The lowest BCUT2D eigenvalue weighted by molar-refractivity contribution is -0.163. The molecule has 0 bridgehead atoms. The highest BCUT2D eigenvalue weighted by molar-refractivity contribution is 5.90. The summed E-state index contributed by atoms with van der Waals surface area (Å²) in [5.74, 6) is -0.843. The molecule has 1 unspecified atom stereocenters. The van der Waals surface area contributed by atoms with E-state index in [0.717, 1.165) is 0 Å². The molecule has 118 valence electrons. The first-order chi connectivity index (χ1) is 9.43. The topological polar surface area (TPSA) is 69.7 Å². The van der Waals surface area contributed by atoms with E-state index < -0.39 is 29.1 Å². The summed E-state index contributed by atoms with van der Waals surface area (Å²) in [5, 5.41) is 0. The van der Waals surface area contributed by atoms with Gasteiger partial charge in [-0.3, -0.25) is 9.59 Å². The second-order valence-electron chi connectivity index (χ2n) is 6.89. The van der Waals surface area contributed by atoms with Gasteiger partial charge < -0.3 is 9.47 Å². The third-order valence-corrected chi connectivity index (χ3v) is 3.64. The maximum absolute atomic E-state index is 12.0. The molecule has 0 saturated carbocycles. The second-order valence-corrected chi connectivity index (χ2v) is 6.89. The largest absolute Gasteiger partial charge is 0.460 e. The van der Waals surface area contributed by atoms with Crippen LogP contribution in [0.1, 0.15) is 53.9 Å². The number of hydrogen-bond donors (Lipinski definition) is 0. The standard InChI is InChI=1S/C16H24O5/c1-10-7-12(20-14(10)19)8-13(18)21-16(5,6)9-15(3,4)11(2)17/h12H,1,7-9H2,2-6H3. The molecule has 1 saturated heterocycles. The van der Waals surface area contributed by atoms with Gasteiger partial charge in [0.05, 0.1) is 6.42 Å². The Labute approximate surface area is 125 Å². The summed E-state index contributed by atoms with van der Waals surface area (Å²) < 4.78 is 10.4. The molecule has 0 N–H and O–H groups in total. The van der Waals surface area contributed by atoms with Crippen molar-refractivity contribution < 1.29 is 23.9 Å². The van der Waals surface area contributed by atoms with Gasteiger partial charge in [-0.25, -0.2) is 4.79 Å². The number of ether oxygens (including phenoxy) is 2. The molecule has 0 radical (unpaired) electrons. The third-order valence-electron chi connectivity index (χ3n) is 3.64. The number of esters is 2. The highest BCUT2D eigenvalue weighted by Gasteiger charge is 2.36. The number of carbonyl (C=O) groups is 3. The van der Waals surface area contributed by atoms with Crippen LogP contribution in [0.2, 0.25) is 0 Å². The molecular formula is C16H24O5. The molecule has 0 aromatic heterocycles. The molecule has 0 aromatic carbocycles. The molecule has 0 amide bonds. The van der Waals surface area contributed by atoms with E-state index in [0.29, 0.717) is 18.4 Å². The molecule has 5 heteroatoms. The van der Waals surface area contributed by atoms with Crippen LogP contribution in [-0.2, 0) is 23.9 Å². The zero-order valence-corrected chi connectivity index (χ0v) is 13.4. The molecule has 1 heterocycles. The first kappa shape index (κ1) is 17.4. The van der Waals surface area contributed by atoms with Crippen molar-refractivity contribution in [2.24, 2.45) is 5.41 Å². The fourth-order valence-electron chi connectivity index (χ4n) is 2.51. The van der Waals surface area contributed by atoms with Crippen molar-refractivity contribution in [2.75, 3.05) is 0 Å². The van der Waals surface area contributed by atoms with Gasteiger partial charge in [-0.2, -0.15) is 0 Å². The number of hydrogen-bond acceptors (Lipinski definition) is 5. The highest BCUT2D eigenvalue weighted by atomic mass is 16.6. The number of Topliss-reactive ketones (excluding diaryl/α,β-unsaturated/α-hetero) is 1. The van der Waals surface area contributed by atoms with Crippen LogP contribution < -0.4 is 0 Å². The van der Waals surface area contributed by atoms with E-state index in [2.05, 4.69) is 6.58 Å². The Hall–Kier alpha value is -1.65. The summed E-state index contributed by atoms with van der Waals surface area (Å²) in [6.45, 7) is 12.3. The SMILES string of the molecule is C=C1CC(CC(=O)OC(C)(C)CC(C)(C)C(C)=O)OC1=O. The zero-order chi connectivity index (χ0) is 16.4. The summed E-state index contributed by atoms with van der Waals surface area (Å²) in [6, 6.07) is 0. The summed E-state index contributed by atoms with van der Waals surface area (Å²) in [6.07, 6.45) is 0.300. The minimum atomic E-state index is -0.758. The fraction of sp³-hybridized carbons (Fsp3) is 0.688. The van der Waals surface area contributed by atoms with Gasteiger partial charge in [0.1, 0.15) is 17.5 Å². The Morgan fingerprint density at radius 2 is 1.90 bits per heavy atom. The summed E-state index contributed by atoms with van der Waals surface area (Å²) in [4.78, 5) is 34.7.